The number of hydrogen-bond acceptors (Lipinski definition) is 7. The van der Waals surface area contributed by atoms with Crippen LogP contribution in [0.1, 0.15) is 54.6 Å². The highest BCUT2D eigenvalue weighted by atomic mass is 16.2. The molecule has 0 radical (unpaired) electrons. The van der Waals surface area contributed by atoms with E-state index in [2.05, 4.69) is 25.4 Å². The maximum absolute atomic E-state index is 12.7. The van der Waals surface area contributed by atoms with Crippen molar-refractivity contribution in [1.82, 2.24) is 39.8 Å². The van der Waals surface area contributed by atoms with Gasteiger partial charge in [-0.1, -0.05) is 6.07 Å². The Bertz CT molecular complexity index is 1450. The third kappa shape index (κ3) is 3.42. The number of nitrogens with zero attached hydrogens (tertiary/aromatic N) is 6. The zero-order valence-corrected chi connectivity index (χ0v) is 20.1. The molecular formula is C25H27N9O2. The Hall–Kier alpha value is -4.28. The lowest BCUT2D eigenvalue weighted by atomic mass is 9.85. The van der Waals surface area contributed by atoms with Crippen LogP contribution in [0, 0.1) is 0 Å². The van der Waals surface area contributed by atoms with Gasteiger partial charge in [-0.05, 0) is 38.7 Å². The highest BCUT2D eigenvalue weighted by Gasteiger charge is 2.44. The average Bonchev–Trinajstić information content (AvgIpc) is 3.62. The van der Waals surface area contributed by atoms with Gasteiger partial charge in [0, 0.05) is 54.8 Å². The van der Waals surface area contributed by atoms with Crippen molar-refractivity contribution in [3.63, 3.8) is 0 Å². The summed E-state index contributed by atoms with van der Waals surface area (Å²) in [6.45, 7) is 1.51. The lowest BCUT2D eigenvalue weighted by molar-refractivity contribution is 0.101. The number of nitrogen functional groups attached to an aromatic ring is 1. The molecule has 2 fully saturated rings. The molecule has 3 atom stereocenters. The Balaban J connectivity index is 1.42. The molecule has 2 aliphatic heterocycles. The Labute approximate surface area is 207 Å². The predicted molar refractivity (Wildman–Crippen MR) is 133 cm³/mol. The van der Waals surface area contributed by atoms with Crippen molar-refractivity contribution >= 4 is 23.3 Å². The van der Waals surface area contributed by atoms with Gasteiger partial charge in [0.15, 0.2) is 17.3 Å². The molecule has 2 aliphatic rings. The fourth-order valence-electron chi connectivity index (χ4n) is 5.85. The summed E-state index contributed by atoms with van der Waals surface area (Å²) in [5.41, 5.74) is 10.6. The molecule has 11 heteroatoms. The summed E-state index contributed by atoms with van der Waals surface area (Å²) in [7, 11) is 1.66. The first-order valence-corrected chi connectivity index (χ1v) is 12.1. The van der Waals surface area contributed by atoms with Gasteiger partial charge in [0.25, 0.3) is 0 Å². The molecule has 4 aromatic rings. The first-order valence-electron chi connectivity index (χ1n) is 12.1. The second-order valence-electron chi connectivity index (χ2n) is 9.49. The zero-order chi connectivity index (χ0) is 25.0. The number of ketones is 1. The molecular weight excluding hydrogens is 458 g/mol. The van der Waals surface area contributed by atoms with Crippen LogP contribution in [0.3, 0.4) is 0 Å². The number of nitrogens with two attached hydrogens (primary N) is 1. The first kappa shape index (κ1) is 22.2. The van der Waals surface area contributed by atoms with Gasteiger partial charge < -0.3 is 20.9 Å². The molecule has 2 amide bonds. The Kier molecular flexibility index (Phi) is 5.20. The number of aromatic nitrogens is 6. The van der Waals surface area contributed by atoms with Crippen LogP contribution in [-0.2, 0) is 0 Å². The summed E-state index contributed by atoms with van der Waals surface area (Å²) in [5.74, 6) is 0.862. The summed E-state index contributed by atoms with van der Waals surface area (Å²) in [4.78, 5) is 44.0. The number of carbonyl (C=O) groups is 2. The number of urea groups is 1. The maximum atomic E-state index is 12.7. The molecule has 36 heavy (non-hydrogen) atoms. The van der Waals surface area contributed by atoms with Gasteiger partial charge in [0.1, 0.15) is 11.5 Å². The average molecular weight is 486 g/mol. The van der Waals surface area contributed by atoms with Crippen LogP contribution in [0.25, 0.3) is 28.3 Å². The number of Topliss-reactive ketones (excluding diaryl/α,β-unsaturated/α-hetero) is 1. The number of imidazole rings is 1. The molecule has 0 saturated carbocycles. The fourth-order valence-corrected chi connectivity index (χ4v) is 5.85. The number of pyridine rings is 1. The number of hydrogen-bond donors (Lipinski definition) is 3. The van der Waals surface area contributed by atoms with E-state index in [0.29, 0.717) is 22.7 Å². The number of nitrogens with one attached hydrogen (secondary N) is 2. The number of piperidine rings is 1. The topological polar surface area (TPSA) is 147 Å². The van der Waals surface area contributed by atoms with E-state index >= 15 is 0 Å². The molecule has 11 nitrogen and oxygen atoms in total. The molecule has 2 bridgehead atoms. The molecule has 0 aromatic carbocycles. The molecule has 2 saturated heterocycles. The highest BCUT2D eigenvalue weighted by molar-refractivity contribution is 6.00. The minimum atomic E-state index is -0.139. The van der Waals surface area contributed by atoms with Gasteiger partial charge >= 0.3 is 6.03 Å². The van der Waals surface area contributed by atoms with Crippen LogP contribution in [-0.4, -0.2) is 65.4 Å². The molecule has 6 heterocycles. The van der Waals surface area contributed by atoms with Gasteiger partial charge in [0.2, 0.25) is 0 Å². The normalized spacial score (nSPS) is 21.2. The van der Waals surface area contributed by atoms with Gasteiger partial charge in [-0.3, -0.25) is 9.78 Å². The molecule has 4 aromatic heterocycles. The number of carbonyl (C=O) groups excluding carboxylic acids is 2. The van der Waals surface area contributed by atoms with E-state index in [4.69, 9.17) is 10.7 Å². The summed E-state index contributed by atoms with van der Waals surface area (Å²) >= 11 is 0. The predicted octanol–water partition coefficient (Wildman–Crippen LogP) is 3.02. The Morgan fingerprint density at radius 2 is 1.92 bits per heavy atom. The van der Waals surface area contributed by atoms with Crippen molar-refractivity contribution in [1.29, 1.82) is 0 Å². The van der Waals surface area contributed by atoms with Crippen LogP contribution >= 0.6 is 0 Å². The Morgan fingerprint density at radius 1 is 1.14 bits per heavy atom. The SMILES string of the molecule is CNC(=O)N1[C@@H]2CC[C@H]1CC(c1nc3c(-c4ccc(-c5ncc[nH]5)nc4)cnn3c(N)c1C(C)=O)C2. The number of rotatable bonds is 4. The van der Waals surface area contributed by atoms with Crippen LogP contribution in [0.2, 0.25) is 0 Å². The third-order valence-corrected chi connectivity index (χ3v) is 7.45. The van der Waals surface area contributed by atoms with Crippen molar-refractivity contribution in [2.75, 3.05) is 12.8 Å². The highest BCUT2D eigenvalue weighted by Crippen LogP contribution is 2.44. The summed E-state index contributed by atoms with van der Waals surface area (Å²) in [6, 6.07) is 4.03. The smallest absolute Gasteiger partial charge is 0.317 e. The van der Waals surface area contributed by atoms with Crippen molar-refractivity contribution < 1.29 is 9.59 Å². The lowest BCUT2D eigenvalue weighted by Gasteiger charge is -2.38. The lowest BCUT2D eigenvalue weighted by Crippen LogP contribution is -2.49. The van der Waals surface area contributed by atoms with E-state index < -0.39 is 0 Å². The standard InChI is InChI=1S/C25H27N9O2/c1-13(35)20-21(15-9-16-4-5-17(10-15)33(16)25(36)27-2)32-24-18(12-31-34(24)22(20)26)14-3-6-19(30-11-14)23-28-7-8-29-23/h3,6-8,11-12,15-17H,4-5,9-10,26H2,1-2H3,(H,27,36)(H,28,29)/t15?,16-,17+. The van der Waals surface area contributed by atoms with Crippen LogP contribution in [0.5, 0.6) is 0 Å². The largest absolute Gasteiger partial charge is 0.383 e. The van der Waals surface area contributed by atoms with Crippen molar-refractivity contribution in [2.45, 2.75) is 50.6 Å². The van der Waals surface area contributed by atoms with Crippen molar-refractivity contribution in [3.05, 3.63) is 48.2 Å². The van der Waals surface area contributed by atoms with Gasteiger partial charge in [-0.2, -0.15) is 9.61 Å². The van der Waals surface area contributed by atoms with E-state index in [1.54, 1.807) is 31.8 Å². The van der Waals surface area contributed by atoms with Crippen molar-refractivity contribution in [3.8, 4) is 22.6 Å². The van der Waals surface area contributed by atoms with Crippen molar-refractivity contribution in [2.24, 2.45) is 0 Å². The second kappa shape index (κ2) is 8.43. The zero-order valence-electron chi connectivity index (χ0n) is 20.1. The van der Waals surface area contributed by atoms with Gasteiger partial charge in [0.05, 0.1) is 17.5 Å². The number of H-pyrrole nitrogens is 1. The fraction of sp³-hybridized carbons (Fsp3) is 0.360. The first-order chi connectivity index (χ1) is 17.5. The number of anilines is 1. The maximum Gasteiger partial charge on any atom is 0.317 e. The second-order valence-corrected chi connectivity index (χ2v) is 9.49. The number of amides is 2. The molecule has 0 aliphatic carbocycles. The van der Waals surface area contributed by atoms with E-state index in [-0.39, 0.29) is 35.6 Å². The summed E-state index contributed by atoms with van der Waals surface area (Å²) in [5, 5.41) is 7.22. The molecule has 1 unspecified atom stereocenters. The van der Waals surface area contributed by atoms with E-state index in [0.717, 1.165) is 42.5 Å². The molecule has 184 valence electrons. The number of fused-ring (bicyclic) bond motifs is 3. The Morgan fingerprint density at radius 3 is 2.53 bits per heavy atom. The quantitative estimate of drug-likeness (QED) is 0.376. The van der Waals surface area contributed by atoms with E-state index in [1.807, 2.05) is 17.0 Å². The van der Waals surface area contributed by atoms with Crippen LogP contribution in [0.15, 0.2) is 36.9 Å². The molecule has 0 spiro atoms. The van der Waals surface area contributed by atoms with Crippen LogP contribution < -0.4 is 11.1 Å². The minimum absolute atomic E-state index is 0.0248. The van der Waals surface area contributed by atoms with Gasteiger partial charge in [-0.25, -0.2) is 14.8 Å². The monoisotopic (exact) mass is 485 g/mol. The molecule has 6 rings (SSSR count). The van der Waals surface area contributed by atoms with Gasteiger partial charge in [-0.15, -0.1) is 0 Å². The summed E-state index contributed by atoms with van der Waals surface area (Å²) in [6.07, 6.45) is 10.3. The third-order valence-electron chi connectivity index (χ3n) is 7.45. The summed E-state index contributed by atoms with van der Waals surface area (Å²) < 4.78 is 1.53. The van der Waals surface area contributed by atoms with E-state index in [9.17, 15) is 9.59 Å². The minimum Gasteiger partial charge on any atom is -0.383 e. The number of aromatic amines is 1. The van der Waals surface area contributed by atoms with Crippen LogP contribution in [0.4, 0.5) is 10.6 Å². The van der Waals surface area contributed by atoms with E-state index in [1.165, 1.54) is 11.4 Å². The molecule has 4 N–H and O–H groups in total.